The van der Waals surface area contributed by atoms with Gasteiger partial charge < -0.3 is 10.6 Å². The van der Waals surface area contributed by atoms with E-state index in [-0.39, 0.29) is 5.91 Å². The molecule has 1 aromatic carbocycles. The van der Waals surface area contributed by atoms with E-state index in [2.05, 4.69) is 31.5 Å². The smallest absolute Gasteiger partial charge is 0.270 e. The van der Waals surface area contributed by atoms with E-state index in [1.54, 1.807) is 6.07 Å². The van der Waals surface area contributed by atoms with E-state index in [1.807, 2.05) is 43.3 Å². The van der Waals surface area contributed by atoms with Crippen LogP contribution < -0.4 is 10.6 Å². The van der Waals surface area contributed by atoms with Crippen molar-refractivity contribution in [3.05, 3.63) is 58.2 Å². The largest absolute Gasteiger partial charge is 0.370 e. The van der Waals surface area contributed by atoms with Gasteiger partial charge in [0.2, 0.25) is 0 Å². The Morgan fingerprint density at radius 1 is 1.25 bits per heavy atom. The van der Waals surface area contributed by atoms with Crippen molar-refractivity contribution >= 4 is 27.7 Å². The van der Waals surface area contributed by atoms with Crippen molar-refractivity contribution in [2.45, 2.75) is 13.5 Å². The van der Waals surface area contributed by atoms with Crippen LogP contribution in [0, 0.1) is 0 Å². The number of hydrogen-bond acceptors (Lipinski definition) is 3. The van der Waals surface area contributed by atoms with Gasteiger partial charge in [0.05, 0.1) is 0 Å². The summed E-state index contributed by atoms with van der Waals surface area (Å²) in [7, 11) is 0. The molecular formula is C15H16BrN3O. The summed E-state index contributed by atoms with van der Waals surface area (Å²) in [6.45, 7) is 3.24. The van der Waals surface area contributed by atoms with Crippen LogP contribution in [-0.4, -0.2) is 17.4 Å². The summed E-state index contributed by atoms with van der Waals surface area (Å²) in [5.74, 6) is 0.535. The molecule has 0 aliphatic heterocycles. The number of anilines is 1. The van der Waals surface area contributed by atoms with Crippen molar-refractivity contribution in [3.63, 3.8) is 0 Å². The molecule has 0 bridgehead atoms. The van der Waals surface area contributed by atoms with Gasteiger partial charge in [0.15, 0.2) is 0 Å². The number of carbonyl (C=O) groups is 1. The summed E-state index contributed by atoms with van der Waals surface area (Å²) in [4.78, 5) is 16.3. The lowest BCUT2D eigenvalue weighted by molar-refractivity contribution is 0.0946. The van der Waals surface area contributed by atoms with Gasteiger partial charge in [-0.1, -0.05) is 34.1 Å². The monoisotopic (exact) mass is 333 g/mol. The number of amides is 1. The fourth-order valence-corrected chi connectivity index (χ4v) is 2.21. The van der Waals surface area contributed by atoms with E-state index in [0.717, 1.165) is 16.6 Å². The second-order valence-corrected chi connectivity index (χ2v) is 5.17. The summed E-state index contributed by atoms with van der Waals surface area (Å²) in [6, 6.07) is 13.2. The predicted octanol–water partition coefficient (Wildman–Crippen LogP) is 3.21. The third kappa shape index (κ3) is 4.06. The Balaban J connectivity index is 1.99. The van der Waals surface area contributed by atoms with Gasteiger partial charge in [-0.2, -0.15) is 0 Å². The first-order valence-electron chi connectivity index (χ1n) is 6.42. The number of pyridine rings is 1. The molecule has 0 radical (unpaired) electrons. The molecule has 1 amide bonds. The van der Waals surface area contributed by atoms with Crippen molar-refractivity contribution in [2.75, 3.05) is 11.9 Å². The highest BCUT2D eigenvalue weighted by atomic mass is 79.9. The number of halogens is 1. The molecule has 0 aliphatic carbocycles. The average Bonchev–Trinajstić information content (AvgIpc) is 2.45. The van der Waals surface area contributed by atoms with E-state index in [9.17, 15) is 4.79 Å². The van der Waals surface area contributed by atoms with Gasteiger partial charge in [-0.05, 0) is 36.8 Å². The van der Waals surface area contributed by atoms with Gasteiger partial charge in [0.1, 0.15) is 11.5 Å². The van der Waals surface area contributed by atoms with Crippen LogP contribution in [0.15, 0.2) is 46.9 Å². The molecular weight excluding hydrogens is 318 g/mol. The summed E-state index contributed by atoms with van der Waals surface area (Å²) < 4.78 is 0.997. The Labute approximate surface area is 126 Å². The third-order valence-electron chi connectivity index (χ3n) is 2.68. The lowest BCUT2D eigenvalue weighted by Crippen LogP contribution is -2.24. The highest BCUT2D eigenvalue weighted by Crippen LogP contribution is 2.11. The summed E-state index contributed by atoms with van der Waals surface area (Å²) in [5, 5.41) is 5.95. The molecule has 2 rings (SSSR count). The van der Waals surface area contributed by atoms with Crippen molar-refractivity contribution < 1.29 is 4.79 Å². The van der Waals surface area contributed by atoms with Gasteiger partial charge in [-0.25, -0.2) is 4.98 Å². The maximum atomic E-state index is 12.0. The van der Waals surface area contributed by atoms with Crippen molar-refractivity contribution in [3.8, 4) is 0 Å². The fraction of sp³-hybridized carbons (Fsp3) is 0.200. The first-order valence-corrected chi connectivity index (χ1v) is 7.22. The molecule has 104 valence electrons. The van der Waals surface area contributed by atoms with Crippen LogP contribution in [0.1, 0.15) is 23.0 Å². The van der Waals surface area contributed by atoms with Crippen molar-refractivity contribution in [2.24, 2.45) is 0 Å². The molecule has 0 fully saturated rings. The Morgan fingerprint density at radius 2 is 2.05 bits per heavy atom. The van der Waals surface area contributed by atoms with Crippen LogP contribution >= 0.6 is 15.9 Å². The topological polar surface area (TPSA) is 54.0 Å². The van der Waals surface area contributed by atoms with Crippen LogP contribution in [-0.2, 0) is 6.54 Å². The van der Waals surface area contributed by atoms with E-state index >= 15 is 0 Å². The number of nitrogens with one attached hydrogen (secondary N) is 2. The summed E-state index contributed by atoms with van der Waals surface area (Å²) >= 11 is 3.41. The standard InChI is InChI=1S/C15H16BrN3O/c1-2-17-14-8-4-7-13(19-14)15(20)18-10-11-5-3-6-12(16)9-11/h3-9H,2,10H2,1H3,(H,17,19)(H,18,20). The van der Waals surface area contributed by atoms with E-state index < -0.39 is 0 Å². The minimum Gasteiger partial charge on any atom is -0.370 e. The Bertz CT molecular complexity index is 601. The zero-order valence-corrected chi connectivity index (χ0v) is 12.8. The SMILES string of the molecule is CCNc1cccc(C(=O)NCc2cccc(Br)c2)n1. The highest BCUT2D eigenvalue weighted by molar-refractivity contribution is 9.10. The van der Waals surface area contributed by atoms with E-state index in [4.69, 9.17) is 0 Å². The van der Waals surface area contributed by atoms with Crippen LogP contribution in [0.3, 0.4) is 0 Å². The van der Waals surface area contributed by atoms with Crippen LogP contribution in [0.2, 0.25) is 0 Å². The molecule has 1 aromatic heterocycles. The van der Waals surface area contributed by atoms with Crippen molar-refractivity contribution in [1.82, 2.24) is 10.3 Å². The molecule has 0 aliphatic rings. The number of aromatic nitrogens is 1. The summed E-state index contributed by atoms with van der Waals surface area (Å²) in [6.07, 6.45) is 0. The quantitative estimate of drug-likeness (QED) is 0.883. The zero-order chi connectivity index (χ0) is 14.4. The molecule has 0 atom stereocenters. The Hall–Kier alpha value is -1.88. The third-order valence-corrected chi connectivity index (χ3v) is 3.17. The number of hydrogen-bond donors (Lipinski definition) is 2. The number of carbonyl (C=O) groups excluding carboxylic acids is 1. The molecule has 0 spiro atoms. The molecule has 0 unspecified atom stereocenters. The molecule has 20 heavy (non-hydrogen) atoms. The maximum Gasteiger partial charge on any atom is 0.270 e. The van der Waals surface area contributed by atoms with Crippen molar-refractivity contribution in [1.29, 1.82) is 0 Å². The molecule has 2 N–H and O–H groups in total. The van der Waals surface area contributed by atoms with Crippen LogP contribution in [0.25, 0.3) is 0 Å². The molecule has 5 heteroatoms. The number of benzene rings is 1. The molecule has 0 saturated carbocycles. The normalized spacial score (nSPS) is 10.1. The van der Waals surface area contributed by atoms with Gasteiger partial charge in [-0.3, -0.25) is 4.79 Å². The predicted molar refractivity (Wildman–Crippen MR) is 83.7 cm³/mol. The fourth-order valence-electron chi connectivity index (χ4n) is 1.76. The molecule has 1 heterocycles. The van der Waals surface area contributed by atoms with Gasteiger partial charge in [0, 0.05) is 17.6 Å². The first-order chi connectivity index (χ1) is 9.69. The van der Waals surface area contributed by atoms with E-state index in [1.165, 1.54) is 0 Å². The second kappa shape index (κ2) is 7.05. The lowest BCUT2D eigenvalue weighted by Gasteiger charge is -2.07. The number of rotatable bonds is 5. The molecule has 2 aromatic rings. The Kier molecular flexibility index (Phi) is 5.12. The average molecular weight is 334 g/mol. The van der Waals surface area contributed by atoms with Crippen LogP contribution in [0.5, 0.6) is 0 Å². The minimum absolute atomic E-state index is 0.176. The molecule has 0 saturated heterocycles. The van der Waals surface area contributed by atoms with Gasteiger partial charge >= 0.3 is 0 Å². The van der Waals surface area contributed by atoms with Gasteiger partial charge in [-0.15, -0.1) is 0 Å². The minimum atomic E-state index is -0.176. The van der Waals surface area contributed by atoms with E-state index in [0.29, 0.717) is 18.1 Å². The number of nitrogens with zero attached hydrogens (tertiary/aromatic N) is 1. The maximum absolute atomic E-state index is 12.0. The second-order valence-electron chi connectivity index (χ2n) is 4.25. The summed E-state index contributed by atoms with van der Waals surface area (Å²) in [5.41, 5.74) is 1.45. The van der Waals surface area contributed by atoms with Crippen LogP contribution in [0.4, 0.5) is 5.82 Å². The lowest BCUT2D eigenvalue weighted by atomic mass is 10.2. The zero-order valence-electron chi connectivity index (χ0n) is 11.2. The first kappa shape index (κ1) is 14.5. The highest BCUT2D eigenvalue weighted by Gasteiger charge is 2.07. The Morgan fingerprint density at radius 3 is 2.80 bits per heavy atom. The van der Waals surface area contributed by atoms with Gasteiger partial charge in [0.25, 0.3) is 5.91 Å². The molecule has 4 nitrogen and oxygen atoms in total.